The number of nitrogens with one attached hydrogen (secondary N) is 2. The highest BCUT2D eigenvalue weighted by Gasteiger charge is 2.23. The van der Waals surface area contributed by atoms with Gasteiger partial charge in [-0.3, -0.25) is 10.2 Å². The van der Waals surface area contributed by atoms with Gasteiger partial charge in [0.15, 0.2) is 5.13 Å². The van der Waals surface area contributed by atoms with Gasteiger partial charge in [0.05, 0.1) is 19.8 Å². The maximum Gasteiger partial charge on any atom is 0.285 e. The minimum atomic E-state index is -4.04. The van der Waals surface area contributed by atoms with E-state index >= 15 is 0 Å². The van der Waals surface area contributed by atoms with Crippen LogP contribution in [0.2, 0.25) is 0 Å². The van der Waals surface area contributed by atoms with E-state index in [1.165, 1.54) is 17.4 Å². The van der Waals surface area contributed by atoms with Gasteiger partial charge in [-0.25, -0.2) is 13.4 Å². The predicted octanol–water partition coefficient (Wildman–Crippen LogP) is 1.76. The molecule has 28 heavy (non-hydrogen) atoms. The summed E-state index contributed by atoms with van der Waals surface area (Å²) in [6.07, 6.45) is 0. The van der Waals surface area contributed by atoms with Gasteiger partial charge in [0.2, 0.25) is 0 Å². The van der Waals surface area contributed by atoms with Crippen LogP contribution in [0.15, 0.2) is 32.9 Å². The quantitative estimate of drug-likeness (QED) is 0.568. The van der Waals surface area contributed by atoms with Crippen molar-refractivity contribution < 1.29 is 22.7 Å². The fourth-order valence-corrected chi connectivity index (χ4v) is 4.85. The number of amides is 1. The lowest BCUT2D eigenvalue weighted by molar-refractivity contribution is 0.0940. The smallest absolute Gasteiger partial charge is 0.285 e. The lowest BCUT2D eigenvalue weighted by Gasteiger charge is -2.25. The SMILES string of the molecule is CCOc1ccc(Br)cc1S(=O)(=O)NNC(=O)c1csc(N2CCOCC2)n1. The van der Waals surface area contributed by atoms with Crippen molar-refractivity contribution in [3.05, 3.63) is 33.7 Å². The second kappa shape index (κ2) is 9.18. The first kappa shape index (κ1) is 21.0. The maximum absolute atomic E-state index is 12.6. The monoisotopic (exact) mass is 490 g/mol. The van der Waals surface area contributed by atoms with Crippen molar-refractivity contribution in [3.63, 3.8) is 0 Å². The molecule has 12 heteroatoms. The molecule has 0 radical (unpaired) electrons. The molecule has 1 aliphatic heterocycles. The highest BCUT2D eigenvalue weighted by molar-refractivity contribution is 9.10. The Morgan fingerprint density at radius 2 is 2.14 bits per heavy atom. The summed E-state index contributed by atoms with van der Waals surface area (Å²) < 4.78 is 36.4. The van der Waals surface area contributed by atoms with E-state index < -0.39 is 15.9 Å². The molecule has 1 amide bonds. The highest BCUT2D eigenvalue weighted by Crippen LogP contribution is 2.27. The van der Waals surface area contributed by atoms with Gasteiger partial charge in [0, 0.05) is 22.9 Å². The minimum absolute atomic E-state index is 0.0868. The topological polar surface area (TPSA) is 110 Å². The van der Waals surface area contributed by atoms with E-state index in [1.54, 1.807) is 24.4 Å². The zero-order chi connectivity index (χ0) is 20.1. The van der Waals surface area contributed by atoms with Gasteiger partial charge >= 0.3 is 0 Å². The third-order valence-electron chi connectivity index (χ3n) is 3.80. The Morgan fingerprint density at radius 3 is 2.86 bits per heavy atom. The van der Waals surface area contributed by atoms with Gasteiger partial charge in [-0.1, -0.05) is 15.9 Å². The summed E-state index contributed by atoms with van der Waals surface area (Å²) in [5, 5.41) is 2.28. The summed E-state index contributed by atoms with van der Waals surface area (Å²) in [5.74, 6) is -0.456. The van der Waals surface area contributed by atoms with Crippen molar-refractivity contribution >= 4 is 48.3 Å². The Labute approximate surface area is 175 Å². The van der Waals surface area contributed by atoms with Crippen molar-refractivity contribution in [2.45, 2.75) is 11.8 Å². The molecule has 152 valence electrons. The Bertz CT molecular complexity index is 944. The van der Waals surface area contributed by atoms with Crippen molar-refractivity contribution in [1.29, 1.82) is 0 Å². The molecule has 1 fully saturated rings. The van der Waals surface area contributed by atoms with Crippen LogP contribution in [-0.2, 0) is 14.8 Å². The number of anilines is 1. The first-order chi connectivity index (χ1) is 13.4. The highest BCUT2D eigenvalue weighted by atomic mass is 79.9. The summed E-state index contributed by atoms with van der Waals surface area (Å²) in [6, 6.07) is 4.61. The summed E-state index contributed by atoms with van der Waals surface area (Å²) >= 11 is 4.56. The fourth-order valence-electron chi connectivity index (χ4n) is 2.47. The van der Waals surface area contributed by atoms with Crippen molar-refractivity contribution in [3.8, 4) is 5.75 Å². The van der Waals surface area contributed by atoms with Gasteiger partial charge in [-0.2, -0.15) is 0 Å². The lowest BCUT2D eigenvalue weighted by Crippen LogP contribution is -2.42. The number of benzene rings is 1. The van der Waals surface area contributed by atoms with Gasteiger partial charge in [0.25, 0.3) is 15.9 Å². The van der Waals surface area contributed by atoms with Gasteiger partial charge in [0.1, 0.15) is 16.3 Å². The Hall–Kier alpha value is -1.73. The van der Waals surface area contributed by atoms with E-state index in [1.807, 2.05) is 4.90 Å². The zero-order valence-corrected chi connectivity index (χ0v) is 18.2. The van der Waals surface area contributed by atoms with E-state index in [0.717, 1.165) is 0 Å². The zero-order valence-electron chi connectivity index (χ0n) is 15.0. The average Bonchev–Trinajstić information content (AvgIpc) is 3.19. The normalized spacial score (nSPS) is 14.7. The number of ether oxygens (including phenoxy) is 2. The molecule has 2 aromatic rings. The molecule has 1 aliphatic rings. The number of nitrogens with zero attached hydrogens (tertiary/aromatic N) is 2. The molecule has 2 N–H and O–H groups in total. The van der Waals surface area contributed by atoms with E-state index in [2.05, 4.69) is 31.2 Å². The number of hydrogen-bond donors (Lipinski definition) is 2. The molecule has 0 saturated carbocycles. The van der Waals surface area contributed by atoms with Crippen LogP contribution in [0, 0.1) is 0 Å². The van der Waals surface area contributed by atoms with Crippen molar-refractivity contribution in [2.75, 3.05) is 37.8 Å². The predicted molar refractivity (Wildman–Crippen MR) is 108 cm³/mol. The maximum atomic E-state index is 12.6. The summed E-state index contributed by atoms with van der Waals surface area (Å²) in [6.45, 7) is 4.67. The molecular weight excluding hydrogens is 472 g/mol. The van der Waals surface area contributed by atoms with Crippen molar-refractivity contribution in [2.24, 2.45) is 0 Å². The number of sulfonamides is 1. The van der Waals surface area contributed by atoms with Crippen LogP contribution in [0.4, 0.5) is 5.13 Å². The van der Waals surface area contributed by atoms with E-state index in [-0.39, 0.29) is 16.3 Å². The molecular formula is C16H19BrN4O5S2. The van der Waals surface area contributed by atoms with Crippen molar-refractivity contribution in [1.82, 2.24) is 15.2 Å². The molecule has 1 aromatic heterocycles. The largest absolute Gasteiger partial charge is 0.492 e. The van der Waals surface area contributed by atoms with Crippen LogP contribution in [-0.4, -0.2) is 52.2 Å². The van der Waals surface area contributed by atoms with Crippen LogP contribution < -0.4 is 19.9 Å². The van der Waals surface area contributed by atoms with Gasteiger partial charge in [-0.15, -0.1) is 16.2 Å². The fraction of sp³-hybridized carbons (Fsp3) is 0.375. The molecule has 2 heterocycles. The van der Waals surface area contributed by atoms with Crippen LogP contribution in [0.3, 0.4) is 0 Å². The first-order valence-corrected chi connectivity index (χ1v) is 11.6. The third-order valence-corrected chi connectivity index (χ3v) is 6.46. The molecule has 0 spiro atoms. The van der Waals surface area contributed by atoms with E-state index in [4.69, 9.17) is 9.47 Å². The Kier molecular flexibility index (Phi) is 6.88. The van der Waals surface area contributed by atoms with Gasteiger partial charge < -0.3 is 14.4 Å². The second-order valence-electron chi connectivity index (χ2n) is 5.70. The van der Waals surface area contributed by atoms with Crippen LogP contribution in [0.25, 0.3) is 0 Å². The summed E-state index contributed by atoms with van der Waals surface area (Å²) in [5.41, 5.74) is 2.33. The Morgan fingerprint density at radius 1 is 1.39 bits per heavy atom. The molecule has 1 aromatic carbocycles. The summed E-state index contributed by atoms with van der Waals surface area (Å²) in [4.78, 5) is 20.6. The van der Waals surface area contributed by atoms with E-state index in [9.17, 15) is 13.2 Å². The molecule has 9 nitrogen and oxygen atoms in total. The third kappa shape index (κ3) is 5.00. The molecule has 0 unspecified atom stereocenters. The number of hydrazine groups is 1. The summed E-state index contributed by atoms with van der Waals surface area (Å²) in [7, 11) is -4.04. The average molecular weight is 491 g/mol. The lowest BCUT2D eigenvalue weighted by atomic mass is 10.3. The molecule has 0 atom stereocenters. The van der Waals surface area contributed by atoms with Crippen LogP contribution >= 0.6 is 27.3 Å². The standard InChI is InChI=1S/C16H19BrN4O5S2/c1-2-26-13-4-3-11(17)9-14(13)28(23,24)20-19-15(22)12-10-27-16(18-12)21-5-7-25-8-6-21/h3-4,9-10,20H,2,5-8H2,1H3,(H,19,22). The number of rotatable bonds is 7. The number of carbonyl (C=O) groups is 1. The molecule has 0 bridgehead atoms. The molecule has 1 saturated heterocycles. The van der Waals surface area contributed by atoms with Crippen LogP contribution in [0.1, 0.15) is 17.4 Å². The first-order valence-electron chi connectivity index (χ1n) is 8.43. The van der Waals surface area contributed by atoms with Gasteiger partial charge in [-0.05, 0) is 25.1 Å². The second-order valence-corrected chi connectivity index (χ2v) is 9.10. The number of halogens is 1. The number of thiazole rings is 1. The molecule has 3 rings (SSSR count). The number of carbonyl (C=O) groups excluding carboxylic acids is 1. The van der Waals surface area contributed by atoms with E-state index in [0.29, 0.717) is 42.5 Å². The van der Waals surface area contributed by atoms with Crippen LogP contribution in [0.5, 0.6) is 5.75 Å². The number of hydrogen-bond acceptors (Lipinski definition) is 8. The Balaban J connectivity index is 1.68. The number of morpholine rings is 1. The molecule has 0 aliphatic carbocycles. The number of aromatic nitrogens is 1. The minimum Gasteiger partial charge on any atom is -0.492 e.